The fraction of sp³-hybridized carbons (Fsp3) is 0.714. The van der Waals surface area contributed by atoms with Crippen LogP contribution < -0.4 is 5.32 Å². The van der Waals surface area contributed by atoms with Gasteiger partial charge in [0.1, 0.15) is 5.76 Å². The Morgan fingerprint density at radius 2 is 2.35 bits per heavy atom. The van der Waals surface area contributed by atoms with Crippen molar-refractivity contribution in [3.8, 4) is 0 Å². The Balaban J connectivity index is 1.98. The molecule has 2 unspecified atom stereocenters. The molecule has 1 fully saturated rings. The second kappa shape index (κ2) is 5.69. The van der Waals surface area contributed by atoms with E-state index in [2.05, 4.69) is 37.1 Å². The van der Waals surface area contributed by atoms with Gasteiger partial charge in [-0.2, -0.15) is 0 Å². The molecule has 3 nitrogen and oxygen atoms in total. The lowest BCUT2D eigenvalue weighted by Gasteiger charge is -2.39. The van der Waals surface area contributed by atoms with Crippen molar-refractivity contribution in [2.45, 2.75) is 45.8 Å². The van der Waals surface area contributed by atoms with Gasteiger partial charge in [0.25, 0.3) is 0 Å². The maximum absolute atomic E-state index is 5.46. The summed E-state index contributed by atoms with van der Waals surface area (Å²) < 4.78 is 5.46. The van der Waals surface area contributed by atoms with E-state index in [0.717, 1.165) is 31.3 Å². The first-order chi connectivity index (χ1) is 8.15. The number of nitrogens with one attached hydrogen (secondary N) is 1. The summed E-state index contributed by atoms with van der Waals surface area (Å²) in [5, 5.41) is 3.57. The van der Waals surface area contributed by atoms with Crippen LogP contribution in [0, 0.1) is 5.92 Å². The highest BCUT2D eigenvalue weighted by molar-refractivity contribution is 4.99. The van der Waals surface area contributed by atoms with Crippen molar-refractivity contribution in [2.75, 3.05) is 13.1 Å². The predicted molar refractivity (Wildman–Crippen MR) is 69.8 cm³/mol. The molecule has 2 rings (SSSR count). The molecule has 0 bridgehead atoms. The molecule has 3 heteroatoms. The van der Waals surface area contributed by atoms with Crippen LogP contribution in [0.5, 0.6) is 0 Å². The average molecular weight is 236 g/mol. The zero-order valence-corrected chi connectivity index (χ0v) is 11.1. The highest BCUT2D eigenvalue weighted by atomic mass is 16.3. The van der Waals surface area contributed by atoms with Gasteiger partial charge in [0.2, 0.25) is 0 Å². The maximum Gasteiger partial charge on any atom is 0.117 e. The zero-order chi connectivity index (χ0) is 12.3. The van der Waals surface area contributed by atoms with Gasteiger partial charge in [-0.15, -0.1) is 0 Å². The molecule has 1 aliphatic heterocycles. The highest BCUT2D eigenvalue weighted by Gasteiger charge is 2.26. The van der Waals surface area contributed by atoms with Crippen LogP contribution >= 0.6 is 0 Å². The topological polar surface area (TPSA) is 28.4 Å². The molecule has 1 aliphatic rings. The fourth-order valence-corrected chi connectivity index (χ4v) is 2.60. The largest absolute Gasteiger partial charge is 0.468 e. The van der Waals surface area contributed by atoms with E-state index >= 15 is 0 Å². The molecular formula is C14H24N2O. The van der Waals surface area contributed by atoms with Crippen LogP contribution in [0.1, 0.15) is 33.0 Å². The van der Waals surface area contributed by atoms with E-state index in [1.165, 1.54) is 6.42 Å². The third-order valence-electron chi connectivity index (χ3n) is 3.41. The van der Waals surface area contributed by atoms with Gasteiger partial charge in [-0.3, -0.25) is 4.90 Å². The van der Waals surface area contributed by atoms with E-state index in [9.17, 15) is 0 Å². The Bertz CT molecular complexity index is 321. The van der Waals surface area contributed by atoms with Crippen LogP contribution in [-0.2, 0) is 6.54 Å². The van der Waals surface area contributed by atoms with E-state index in [4.69, 9.17) is 4.42 Å². The van der Waals surface area contributed by atoms with E-state index in [-0.39, 0.29) is 0 Å². The Kier molecular flexibility index (Phi) is 4.24. The van der Waals surface area contributed by atoms with Gasteiger partial charge in [-0.25, -0.2) is 0 Å². The number of hydrogen-bond acceptors (Lipinski definition) is 3. The molecule has 2 heterocycles. The van der Waals surface area contributed by atoms with Crippen LogP contribution in [0.25, 0.3) is 0 Å². The minimum absolute atomic E-state index is 0.577. The number of hydrogen-bond donors (Lipinski definition) is 1. The number of nitrogens with zero attached hydrogens (tertiary/aromatic N) is 1. The first-order valence-electron chi connectivity index (χ1n) is 6.65. The molecule has 1 saturated heterocycles. The lowest BCUT2D eigenvalue weighted by molar-refractivity contribution is 0.103. The van der Waals surface area contributed by atoms with Crippen molar-refractivity contribution in [1.29, 1.82) is 0 Å². The lowest BCUT2D eigenvalue weighted by Crippen LogP contribution is -2.55. The quantitative estimate of drug-likeness (QED) is 0.870. The van der Waals surface area contributed by atoms with Crippen molar-refractivity contribution in [3.05, 3.63) is 24.2 Å². The van der Waals surface area contributed by atoms with Gasteiger partial charge in [0, 0.05) is 25.2 Å². The third kappa shape index (κ3) is 3.58. The van der Waals surface area contributed by atoms with E-state index in [0.29, 0.717) is 12.1 Å². The molecule has 1 aromatic rings. The van der Waals surface area contributed by atoms with Crippen molar-refractivity contribution in [2.24, 2.45) is 5.92 Å². The lowest BCUT2D eigenvalue weighted by atomic mass is 9.99. The molecule has 0 aliphatic carbocycles. The maximum atomic E-state index is 5.46. The van der Waals surface area contributed by atoms with Crippen molar-refractivity contribution in [3.63, 3.8) is 0 Å². The Labute approximate surface area is 104 Å². The van der Waals surface area contributed by atoms with Crippen LogP contribution in [0.4, 0.5) is 0 Å². The number of rotatable bonds is 4. The summed E-state index contributed by atoms with van der Waals surface area (Å²) in [5.41, 5.74) is 0. The van der Waals surface area contributed by atoms with E-state index < -0.39 is 0 Å². The molecule has 1 aromatic heterocycles. The summed E-state index contributed by atoms with van der Waals surface area (Å²) in [4.78, 5) is 2.56. The number of furan rings is 1. The number of piperazine rings is 1. The molecule has 2 atom stereocenters. The first kappa shape index (κ1) is 12.7. The summed E-state index contributed by atoms with van der Waals surface area (Å²) >= 11 is 0. The van der Waals surface area contributed by atoms with Crippen LogP contribution in [0.2, 0.25) is 0 Å². The van der Waals surface area contributed by atoms with Crippen molar-refractivity contribution in [1.82, 2.24) is 10.2 Å². The summed E-state index contributed by atoms with van der Waals surface area (Å²) in [5.74, 6) is 1.82. The molecule has 0 amide bonds. The van der Waals surface area contributed by atoms with Gasteiger partial charge in [-0.1, -0.05) is 13.8 Å². The minimum Gasteiger partial charge on any atom is -0.468 e. The monoisotopic (exact) mass is 236 g/mol. The summed E-state index contributed by atoms with van der Waals surface area (Å²) in [6.45, 7) is 9.99. The third-order valence-corrected chi connectivity index (χ3v) is 3.41. The smallest absolute Gasteiger partial charge is 0.117 e. The molecule has 17 heavy (non-hydrogen) atoms. The van der Waals surface area contributed by atoms with Gasteiger partial charge in [0.15, 0.2) is 0 Å². The predicted octanol–water partition coefficient (Wildman–Crippen LogP) is 2.49. The van der Waals surface area contributed by atoms with Crippen molar-refractivity contribution >= 4 is 0 Å². The Morgan fingerprint density at radius 1 is 1.53 bits per heavy atom. The average Bonchev–Trinajstić information content (AvgIpc) is 2.74. The van der Waals surface area contributed by atoms with Crippen LogP contribution in [-0.4, -0.2) is 30.1 Å². The standard InChI is InChI=1S/C14H24N2O/c1-11(2)7-13-8-15-12(3)9-16(13)10-14-5-4-6-17-14/h4-6,11-13,15H,7-10H2,1-3H3. The summed E-state index contributed by atoms with van der Waals surface area (Å²) in [7, 11) is 0. The second-order valence-electron chi connectivity index (χ2n) is 5.60. The van der Waals surface area contributed by atoms with Gasteiger partial charge in [0.05, 0.1) is 12.8 Å². The molecule has 0 saturated carbocycles. The first-order valence-corrected chi connectivity index (χ1v) is 6.65. The zero-order valence-electron chi connectivity index (χ0n) is 11.1. The highest BCUT2D eigenvalue weighted by Crippen LogP contribution is 2.18. The second-order valence-corrected chi connectivity index (χ2v) is 5.60. The van der Waals surface area contributed by atoms with E-state index in [1.807, 2.05) is 6.07 Å². The molecule has 96 valence electrons. The summed E-state index contributed by atoms with van der Waals surface area (Å²) in [6.07, 6.45) is 3.01. The fourth-order valence-electron chi connectivity index (χ4n) is 2.60. The van der Waals surface area contributed by atoms with Crippen LogP contribution in [0.15, 0.2) is 22.8 Å². The van der Waals surface area contributed by atoms with Crippen LogP contribution in [0.3, 0.4) is 0 Å². The molecule has 0 radical (unpaired) electrons. The minimum atomic E-state index is 0.577. The molecule has 1 N–H and O–H groups in total. The Morgan fingerprint density at radius 3 is 3.00 bits per heavy atom. The SMILES string of the molecule is CC(C)CC1CNC(C)CN1Cc1ccco1. The van der Waals surface area contributed by atoms with Gasteiger partial charge < -0.3 is 9.73 Å². The van der Waals surface area contributed by atoms with Gasteiger partial charge >= 0.3 is 0 Å². The van der Waals surface area contributed by atoms with E-state index in [1.54, 1.807) is 6.26 Å². The normalized spacial score (nSPS) is 26.6. The molecule has 0 aromatic carbocycles. The molecule has 0 spiro atoms. The summed E-state index contributed by atoms with van der Waals surface area (Å²) in [6, 6.07) is 5.25. The van der Waals surface area contributed by atoms with Gasteiger partial charge in [-0.05, 0) is 31.4 Å². The Hall–Kier alpha value is -0.800. The van der Waals surface area contributed by atoms with Crippen molar-refractivity contribution < 1.29 is 4.42 Å². The molecular weight excluding hydrogens is 212 g/mol.